The minimum atomic E-state index is -0.792. The van der Waals surface area contributed by atoms with E-state index in [1.165, 1.54) is 0 Å². The maximum absolute atomic E-state index is 12.6. The molecule has 0 saturated carbocycles. The van der Waals surface area contributed by atoms with Crippen LogP contribution in [0.3, 0.4) is 0 Å². The predicted molar refractivity (Wildman–Crippen MR) is 140 cm³/mol. The lowest BCUT2D eigenvalue weighted by molar-refractivity contribution is -0.137. The molecule has 3 aromatic rings. The fourth-order valence-corrected chi connectivity index (χ4v) is 4.09. The standard InChI is InChI=1S/C30H35NO4/c1-4-5-6-7-29(32)31(2)21-23-18-26(24-11-8-22(9-12-24)10-17-30(33)34)20-27(19-23)25-13-15-28(35-3)16-14-25/h8-9,11-16,18-20H,4-7,10,17,21H2,1-3H3,(H,33,34). The van der Waals surface area contributed by atoms with Gasteiger partial charge in [0.25, 0.3) is 0 Å². The second-order valence-corrected chi connectivity index (χ2v) is 8.94. The van der Waals surface area contributed by atoms with Gasteiger partial charge < -0.3 is 14.7 Å². The second-order valence-electron chi connectivity index (χ2n) is 8.94. The number of aryl methyl sites for hydroxylation is 1. The zero-order valence-corrected chi connectivity index (χ0v) is 20.9. The van der Waals surface area contributed by atoms with Crippen molar-refractivity contribution in [2.24, 2.45) is 0 Å². The zero-order valence-electron chi connectivity index (χ0n) is 20.9. The molecule has 0 bridgehead atoms. The number of aliphatic carboxylic acids is 1. The molecule has 0 aromatic heterocycles. The van der Waals surface area contributed by atoms with E-state index >= 15 is 0 Å². The predicted octanol–water partition coefficient (Wildman–Crippen LogP) is 6.59. The summed E-state index contributed by atoms with van der Waals surface area (Å²) in [5.74, 6) is 0.177. The fraction of sp³-hybridized carbons (Fsp3) is 0.333. The number of carboxylic acids is 1. The van der Waals surface area contributed by atoms with Gasteiger partial charge in [-0.05, 0) is 76.6 Å². The number of nitrogens with zero attached hydrogens (tertiary/aromatic N) is 1. The van der Waals surface area contributed by atoms with Crippen molar-refractivity contribution >= 4 is 11.9 Å². The van der Waals surface area contributed by atoms with Crippen molar-refractivity contribution in [3.63, 3.8) is 0 Å². The Morgan fingerprint density at radius 1 is 0.800 bits per heavy atom. The average molecular weight is 474 g/mol. The van der Waals surface area contributed by atoms with Crippen molar-refractivity contribution in [3.05, 3.63) is 77.9 Å². The van der Waals surface area contributed by atoms with Gasteiger partial charge in [-0.1, -0.05) is 56.2 Å². The van der Waals surface area contributed by atoms with Crippen LogP contribution in [0.4, 0.5) is 0 Å². The topological polar surface area (TPSA) is 66.8 Å². The lowest BCUT2D eigenvalue weighted by Crippen LogP contribution is -2.25. The molecule has 3 rings (SSSR count). The number of benzene rings is 3. The first-order valence-electron chi connectivity index (χ1n) is 12.2. The van der Waals surface area contributed by atoms with Crippen LogP contribution < -0.4 is 4.74 Å². The van der Waals surface area contributed by atoms with Crippen LogP contribution >= 0.6 is 0 Å². The highest BCUT2D eigenvalue weighted by atomic mass is 16.5. The van der Waals surface area contributed by atoms with Gasteiger partial charge in [0.2, 0.25) is 5.91 Å². The number of hydrogen-bond donors (Lipinski definition) is 1. The quantitative estimate of drug-likeness (QED) is 0.302. The summed E-state index contributed by atoms with van der Waals surface area (Å²) in [6, 6.07) is 22.4. The van der Waals surface area contributed by atoms with Crippen LogP contribution in [-0.4, -0.2) is 36.0 Å². The third kappa shape index (κ3) is 7.71. The molecular formula is C30H35NO4. The number of carbonyl (C=O) groups excluding carboxylic acids is 1. The summed E-state index contributed by atoms with van der Waals surface area (Å²) < 4.78 is 5.31. The molecule has 1 amide bonds. The molecule has 0 spiro atoms. The summed E-state index contributed by atoms with van der Waals surface area (Å²) in [6.07, 6.45) is 4.30. The van der Waals surface area contributed by atoms with Gasteiger partial charge in [-0.3, -0.25) is 9.59 Å². The Kier molecular flexibility index (Phi) is 9.47. The summed E-state index contributed by atoms with van der Waals surface area (Å²) in [4.78, 5) is 25.3. The number of amides is 1. The van der Waals surface area contributed by atoms with Gasteiger partial charge in [0.05, 0.1) is 7.11 Å². The van der Waals surface area contributed by atoms with Gasteiger partial charge in [-0.2, -0.15) is 0 Å². The number of rotatable bonds is 12. The molecule has 0 aliphatic rings. The summed E-state index contributed by atoms with van der Waals surface area (Å²) in [6.45, 7) is 2.68. The van der Waals surface area contributed by atoms with Crippen LogP contribution in [0, 0.1) is 0 Å². The third-order valence-corrected chi connectivity index (χ3v) is 6.17. The first-order valence-corrected chi connectivity index (χ1v) is 12.2. The molecule has 1 N–H and O–H groups in total. The lowest BCUT2D eigenvalue weighted by atomic mass is 9.95. The molecule has 0 atom stereocenters. The fourth-order valence-electron chi connectivity index (χ4n) is 4.09. The number of hydrogen-bond acceptors (Lipinski definition) is 3. The first kappa shape index (κ1) is 26.0. The molecule has 0 aliphatic carbocycles. The van der Waals surface area contributed by atoms with Gasteiger partial charge in [0, 0.05) is 26.4 Å². The van der Waals surface area contributed by atoms with E-state index in [2.05, 4.69) is 25.1 Å². The molecular weight excluding hydrogens is 438 g/mol. The Morgan fingerprint density at radius 2 is 1.40 bits per heavy atom. The molecule has 184 valence electrons. The summed E-state index contributed by atoms with van der Waals surface area (Å²) in [5, 5.41) is 8.95. The molecule has 35 heavy (non-hydrogen) atoms. The Balaban J connectivity index is 1.90. The van der Waals surface area contributed by atoms with Gasteiger partial charge >= 0.3 is 5.97 Å². The van der Waals surface area contributed by atoms with Crippen molar-refractivity contribution < 1.29 is 19.4 Å². The maximum Gasteiger partial charge on any atom is 0.303 e. The zero-order chi connectivity index (χ0) is 25.2. The largest absolute Gasteiger partial charge is 0.497 e. The minimum Gasteiger partial charge on any atom is -0.497 e. The van der Waals surface area contributed by atoms with Crippen molar-refractivity contribution in [1.82, 2.24) is 4.90 Å². The average Bonchev–Trinajstić information content (AvgIpc) is 2.87. The molecule has 0 radical (unpaired) electrons. The van der Waals surface area contributed by atoms with Crippen molar-refractivity contribution in [2.45, 2.75) is 52.0 Å². The van der Waals surface area contributed by atoms with E-state index in [-0.39, 0.29) is 12.3 Å². The highest BCUT2D eigenvalue weighted by Gasteiger charge is 2.12. The van der Waals surface area contributed by atoms with Crippen LogP contribution in [0.2, 0.25) is 0 Å². The molecule has 3 aromatic carbocycles. The van der Waals surface area contributed by atoms with Crippen LogP contribution in [-0.2, 0) is 22.6 Å². The lowest BCUT2D eigenvalue weighted by Gasteiger charge is -2.19. The van der Waals surface area contributed by atoms with E-state index in [9.17, 15) is 9.59 Å². The third-order valence-electron chi connectivity index (χ3n) is 6.17. The molecule has 0 fully saturated rings. The number of ether oxygens (including phenoxy) is 1. The van der Waals surface area contributed by atoms with E-state index in [1.807, 2.05) is 60.5 Å². The van der Waals surface area contributed by atoms with E-state index in [4.69, 9.17) is 9.84 Å². The molecule has 5 nitrogen and oxygen atoms in total. The molecule has 5 heteroatoms. The van der Waals surface area contributed by atoms with Crippen LogP contribution in [0.1, 0.15) is 50.2 Å². The Morgan fingerprint density at radius 3 is 1.94 bits per heavy atom. The number of carbonyl (C=O) groups is 2. The monoisotopic (exact) mass is 473 g/mol. The summed E-state index contributed by atoms with van der Waals surface area (Å²) >= 11 is 0. The smallest absolute Gasteiger partial charge is 0.303 e. The van der Waals surface area contributed by atoms with E-state index < -0.39 is 5.97 Å². The molecule has 0 heterocycles. The molecule has 0 unspecified atom stereocenters. The summed E-state index contributed by atoms with van der Waals surface area (Å²) in [7, 11) is 3.52. The van der Waals surface area contributed by atoms with Crippen molar-refractivity contribution in [1.29, 1.82) is 0 Å². The van der Waals surface area contributed by atoms with Gasteiger partial charge in [0.15, 0.2) is 0 Å². The van der Waals surface area contributed by atoms with E-state index in [1.54, 1.807) is 7.11 Å². The number of methoxy groups -OCH3 is 1. The second kappa shape index (κ2) is 12.7. The Hall–Kier alpha value is -3.60. The van der Waals surface area contributed by atoms with Crippen LogP contribution in [0.5, 0.6) is 5.75 Å². The summed E-state index contributed by atoms with van der Waals surface area (Å²) in [5.41, 5.74) is 6.32. The minimum absolute atomic E-state index is 0.120. The molecule has 0 aliphatic heterocycles. The first-order chi connectivity index (χ1) is 16.9. The maximum atomic E-state index is 12.6. The van der Waals surface area contributed by atoms with Crippen molar-refractivity contribution in [3.8, 4) is 28.0 Å². The van der Waals surface area contributed by atoms with Crippen LogP contribution in [0.15, 0.2) is 66.7 Å². The van der Waals surface area contributed by atoms with Gasteiger partial charge in [-0.25, -0.2) is 0 Å². The Bertz CT molecular complexity index is 1120. The number of carboxylic acid groups (broad SMARTS) is 1. The SMILES string of the molecule is CCCCCC(=O)N(C)Cc1cc(-c2ccc(CCC(=O)O)cc2)cc(-c2ccc(OC)cc2)c1. The highest BCUT2D eigenvalue weighted by Crippen LogP contribution is 2.30. The normalized spacial score (nSPS) is 10.7. The molecule has 0 saturated heterocycles. The van der Waals surface area contributed by atoms with Crippen molar-refractivity contribution in [2.75, 3.05) is 14.2 Å². The van der Waals surface area contributed by atoms with E-state index in [0.29, 0.717) is 19.4 Å². The number of unbranched alkanes of at least 4 members (excludes halogenated alkanes) is 2. The van der Waals surface area contributed by atoms with Crippen LogP contribution in [0.25, 0.3) is 22.3 Å². The Labute approximate surface area is 208 Å². The van der Waals surface area contributed by atoms with Gasteiger partial charge in [-0.15, -0.1) is 0 Å². The highest BCUT2D eigenvalue weighted by molar-refractivity contribution is 5.77. The van der Waals surface area contributed by atoms with E-state index in [0.717, 1.165) is 58.4 Å². The van der Waals surface area contributed by atoms with Gasteiger partial charge in [0.1, 0.15) is 5.75 Å².